The summed E-state index contributed by atoms with van der Waals surface area (Å²) in [5, 5.41) is 3.25. The topological polar surface area (TPSA) is 75.9 Å². The van der Waals surface area contributed by atoms with Crippen LogP contribution in [0.15, 0.2) is 12.4 Å². The second-order valence-electron chi connectivity index (χ2n) is 3.27. The third-order valence-electron chi connectivity index (χ3n) is 1.90. The molecule has 1 rings (SSSR count). The molecule has 4 N–H and O–H groups in total. The van der Waals surface area contributed by atoms with Gasteiger partial charge >= 0.3 is 0 Å². The molecular formula is C9H17N5. The standard InChI is InChI=1S/C9H17N5/c1-3-4-7(2)12-8-5-11-6-9(13-8)14-10/h5-7H,3-4,10H2,1-2H3,(H2,12,13,14). The molecule has 0 aliphatic rings. The number of nitrogens with two attached hydrogens (primary N) is 1. The summed E-state index contributed by atoms with van der Waals surface area (Å²) in [5.41, 5.74) is 2.46. The predicted octanol–water partition coefficient (Wildman–Crippen LogP) is 1.36. The molecule has 0 saturated heterocycles. The van der Waals surface area contributed by atoms with Gasteiger partial charge in [0.2, 0.25) is 0 Å². The molecule has 0 radical (unpaired) electrons. The molecule has 1 unspecified atom stereocenters. The molecule has 0 saturated carbocycles. The van der Waals surface area contributed by atoms with Gasteiger partial charge in [-0.3, -0.25) is 4.98 Å². The van der Waals surface area contributed by atoms with Crippen LogP contribution in [-0.2, 0) is 0 Å². The van der Waals surface area contributed by atoms with Gasteiger partial charge in [0.1, 0.15) is 5.82 Å². The number of nitrogen functional groups attached to an aromatic ring is 1. The molecule has 1 aromatic rings. The van der Waals surface area contributed by atoms with Crippen molar-refractivity contribution in [1.29, 1.82) is 0 Å². The Balaban J connectivity index is 2.57. The highest BCUT2D eigenvalue weighted by molar-refractivity contribution is 5.41. The lowest BCUT2D eigenvalue weighted by Gasteiger charge is -2.13. The summed E-state index contributed by atoms with van der Waals surface area (Å²) in [4.78, 5) is 8.20. The van der Waals surface area contributed by atoms with Gasteiger partial charge in [0.05, 0.1) is 12.4 Å². The molecule has 14 heavy (non-hydrogen) atoms. The highest BCUT2D eigenvalue weighted by Crippen LogP contribution is 2.08. The molecule has 0 aromatic carbocycles. The van der Waals surface area contributed by atoms with Crippen LogP contribution in [0.3, 0.4) is 0 Å². The average molecular weight is 195 g/mol. The number of anilines is 2. The van der Waals surface area contributed by atoms with E-state index in [1.54, 1.807) is 12.4 Å². The van der Waals surface area contributed by atoms with Crippen LogP contribution in [0.4, 0.5) is 11.6 Å². The van der Waals surface area contributed by atoms with Gasteiger partial charge in [-0.15, -0.1) is 0 Å². The maximum absolute atomic E-state index is 5.23. The zero-order chi connectivity index (χ0) is 10.4. The van der Waals surface area contributed by atoms with Crippen molar-refractivity contribution in [2.24, 2.45) is 5.84 Å². The molecule has 5 heteroatoms. The van der Waals surface area contributed by atoms with Crippen LogP contribution in [0.25, 0.3) is 0 Å². The fourth-order valence-electron chi connectivity index (χ4n) is 1.26. The quantitative estimate of drug-likeness (QED) is 0.488. The number of aromatic nitrogens is 2. The van der Waals surface area contributed by atoms with Gasteiger partial charge in [-0.1, -0.05) is 13.3 Å². The first-order valence-corrected chi connectivity index (χ1v) is 4.81. The zero-order valence-electron chi connectivity index (χ0n) is 8.62. The van der Waals surface area contributed by atoms with E-state index in [9.17, 15) is 0 Å². The van der Waals surface area contributed by atoms with Crippen molar-refractivity contribution in [3.63, 3.8) is 0 Å². The molecule has 1 heterocycles. The smallest absolute Gasteiger partial charge is 0.160 e. The lowest BCUT2D eigenvalue weighted by atomic mass is 10.2. The van der Waals surface area contributed by atoms with Gasteiger partial charge < -0.3 is 10.7 Å². The fourth-order valence-corrected chi connectivity index (χ4v) is 1.26. The Bertz CT molecular complexity index is 276. The van der Waals surface area contributed by atoms with Crippen LogP contribution in [-0.4, -0.2) is 16.0 Å². The van der Waals surface area contributed by atoms with Crippen molar-refractivity contribution in [1.82, 2.24) is 9.97 Å². The lowest BCUT2D eigenvalue weighted by Crippen LogP contribution is -2.17. The summed E-state index contributed by atoms with van der Waals surface area (Å²) in [5.74, 6) is 6.55. The van der Waals surface area contributed by atoms with E-state index in [1.165, 1.54) is 0 Å². The SMILES string of the molecule is CCCC(C)Nc1cncc(NN)n1. The second-order valence-corrected chi connectivity index (χ2v) is 3.27. The summed E-state index contributed by atoms with van der Waals surface area (Å²) in [7, 11) is 0. The summed E-state index contributed by atoms with van der Waals surface area (Å²) < 4.78 is 0. The zero-order valence-corrected chi connectivity index (χ0v) is 8.62. The van der Waals surface area contributed by atoms with E-state index in [0.717, 1.165) is 18.7 Å². The highest BCUT2D eigenvalue weighted by Gasteiger charge is 2.02. The van der Waals surface area contributed by atoms with Crippen LogP contribution in [0.1, 0.15) is 26.7 Å². The summed E-state index contributed by atoms with van der Waals surface area (Å²) in [6.07, 6.45) is 5.53. The maximum Gasteiger partial charge on any atom is 0.160 e. The molecule has 0 amide bonds. The Morgan fingerprint density at radius 1 is 1.43 bits per heavy atom. The molecule has 0 fully saturated rings. The van der Waals surface area contributed by atoms with Gasteiger partial charge in [-0.2, -0.15) is 0 Å². The van der Waals surface area contributed by atoms with Gasteiger partial charge in [0.15, 0.2) is 5.82 Å². The number of hydrogen-bond donors (Lipinski definition) is 3. The Labute approximate surface area is 84.1 Å². The first-order chi connectivity index (χ1) is 6.76. The Kier molecular flexibility index (Phi) is 4.12. The molecule has 78 valence electrons. The molecule has 0 bridgehead atoms. The summed E-state index contributed by atoms with van der Waals surface area (Å²) in [6, 6.07) is 0.405. The lowest BCUT2D eigenvalue weighted by molar-refractivity contribution is 0.687. The van der Waals surface area contributed by atoms with Crippen LogP contribution in [0, 0.1) is 0 Å². The Morgan fingerprint density at radius 3 is 2.79 bits per heavy atom. The van der Waals surface area contributed by atoms with E-state index in [1.807, 2.05) is 0 Å². The van der Waals surface area contributed by atoms with Gasteiger partial charge in [0.25, 0.3) is 0 Å². The second kappa shape index (κ2) is 5.39. The van der Waals surface area contributed by atoms with Crippen LogP contribution >= 0.6 is 0 Å². The minimum Gasteiger partial charge on any atom is -0.366 e. The van der Waals surface area contributed by atoms with E-state index in [4.69, 9.17) is 5.84 Å². The number of nitrogens with zero attached hydrogens (tertiary/aromatic N) is 2. The van der Waals surface area contributed by atoms with E-state index in [2.05, 4.69) is 34.6 Å². The molecule has 1 aromatic heterocycles. The Morgan fingerprint density at radius 2 is 2.14 bits per heavy atom. The van der Waals surface area contributed by atoms with E-state index in [0.29, 0.717) is 11.9 Å². The minimum atomic E-state index is 0.405. The van der Waals surface area contributed by atoms with Crippen molar-refractivity contribution in [2.75, 3.05) is 10.7 Å². The average Bonchev–Trinajstić information content (AvgIpc) is 2.18. The third-order valence-corrected chi connectivity index (χ3v) is 1.90. The fraction of sp³-hybridized carbons (Fsp3) is 0.556. The number of hydrogen-bond acceptors (Lipinski definition) is 5. The van der Waals surface area contributed by atoms with Gasteiger partial charge in [0, 0.05) is 6.04 Å². The number of hydrazine groups is 1. The minimum absolute atomic E-state index is 0.405. The van der Waals surface area contributed by atoms with E-state index in [-0.39, 0.29) is 0 Å². The number of nitrogens with one attached hydrogen (secondary N) is 2. The summed E-state index contributed by atoms with van der Waals surface area (Å²) >= 11 is 0. The molecule has 0 aliphatic carbocycles. The van der Waals surface area contributed by atoms with Gasteiger partial charge in [-0.25, -0.2) is 10.8 Å². The van der Waals surface area contributed by atoms with Crippen molar-refractivity contribution < 1.29 is 0 Å². The van der Waals surface area contributed by atoms with Gasteiger partial charge in [-0.05, 0) is 13.3 Å². The van der Waals surface area contributed by atoms with Crippen molar-refractivity contribution in [2.45, 2.75) is 32.7 Å². The van der Waals surface area contributed by atoms with Crippen molar-refractivity contribution in [3.8, 4) is 0 Å². The molecular weight excluding hydrogens is 178 g/mol. The predicted molar refractivity (Wildman–Crippen MR) is 57.8 cm³/mol. The highest BCUT2D eigenvalue weighted by atomic mass is 15.3. The molecule has 0 aliphatic heterocycles. The van der Waals surface area contributed by atoms with Crippen LogP contribution in [0.2, 0.25) is 0 Å². The number of rotatable bonds is 5. The maximum atomic E-state index is 5.23. The molecule has 1 atom stereocenters. The van der Waals surface area contributed by atoms with Crippen molar-refractivity contribution >= 4 is 11.6 Å². The first kappa shape index (κ1) is 10.7. The Hall–Kier alpha value is -1.36. The normalized spacial score (nSPS) is 12.2. The van der Waals surface area contributed by atoms with E-state index < -0.39 is 0 Å². The van der Waals surface area contributed by atoms with Crippen LogP contribution < -0.4 is 16.6 Å². The molecule has 0 spiro atoms. The summed E-state index contributed by atoms with van der Waals surface area (Å²) in [6.45, 7) is 4.27. The largest absolute Gasteiger partial charge is 0.366 e. The third kappa shape index (κ3) is 3.18. The monoisotopic (exact) mass is 195 g/mol. The molecule has 5 nitrogen and oxygen atoms in total. The van der Waals surface area contributed by atoms with Crippen LogP contribution in [0.5, 0.6) is 0 Å². The van der Waals surface area contributed by atoms with E-state index >= 15 is 0 Å². The van der Waals surface area contributed by atoms with Crippen molar-refractivity contribution in [3.05, 3.63) is 12.4 Å². The first-order valence-electron chi connectivity index (χ1n) is 4.81.